The summed E-state index contributed by atoms with van der Waals surface area (Å²) >= 11 is 5.96. The number of carbonyl (C=O) groups excluding carboxylic acids is 1. The molecule has 0 saturated heterocycles. The van der Waals surface area contributed by atoms with Crippen LogP contribution in [0.1, 0.15) is 27.4 Å². The van der Waals surface area contributed by atoms with Gasteiger partial charge in [0.25, 0.3) is 5.91 Å². The van der Waals surface area contributed by atoms with Gasteiger partial charge in [0.1, 0.15) is 0 Å². The SMILES string of the molecule is Cc1nn2c(C)c(C(=O)Nc3cccc(C(F)(F)F)c3)nnc2c1-c1ccc(Cl)cc1. The Hall–Kier alpha value is -3.46. The summed E-state index contributed by atoms with van der Waals surface area (Å²) in [6.45, 7) is 3.45. The highest BCUT2D eigenvalue weighted by atomic mass is 35.5. The first-order valence-electron chi connectivity index (χ1n) is 9.12. The zero-order valence-corrected chi connectivity index (χ0v) is 17.1. The molecule has 0 spiro atoms. The molecule has 2 aromatic carbocycles. The van der Waals surface area contributed by atoms with Crippen LogP contribution in [0, 0.1) is 13.8 Å². The average molecular weight is 446 g/mol. The van der Waals surface area contributed by atoms with Crippen LogP contribution in [0.15, 0.2) is 48.5 Å². The first-order valence-corrected chi connectivity index (χ1v) is 9.50. The zero-order valence-electron chi connectivity index (χ0n) is 16.3. The van der Waals surface area contributed by atoms with E-state index in [9.17, 15) is 18.0 Å². The molecule has 1 N–H and O–H groups in total. The summed E-state index contributed by atoms with van der Waals surface area (Å²) in [6.07, 6.45) is -4.51. The topological polar surface area (TPSA) is 72.2 Å². The molecule has 0 unspecified atom stereocenters. The number of nitrogens with one attached hydrogen (secondary N) is 1. The molecule has 4 rings (SSSR count). The fourth-order valence-electron chi connectivity index (χ4n) is 3.24. The van der Waals surface area contributed by atoms with E-state index in [4.69, 9.17) is 11.6 Å². The van der Waals surface area contributed by atoms with E-state index in [1.165, 1.54) is 16.6 Å². The molecule has 4 aromatic rings. The number of halogens is 4. The van der Waals surface area contributed by atoms with Crippen molar-refractivity contribution in [3.8, 4) is 11.1 Å². The van der Waals surface area contributed by atoms with Crippen LogP contribution in [-0.2, 0) is 6.18 Å². The van der Waals surface area contributed by atoms with Crippen LogP contribution in [0.4, 0.5) is 18.9 Å². The number of fused-ring (bicyclic) bond motifs is 1. The second-order valence-corrected chi connectivity index (χ2v) is 7.31. The number of hydrogen-bond donors (Lipinski definition) is 1. The lowest BCUT2D eigenvalue weighted by Gasteiger charge is -2.10. The number of aromatic nitrogens is 4. The van der Waals surface area contributed by atoms with Gasteiger partial charge in [-0.3, -0.25) is 4.79 Å². The summed E-state index contributed by atoms with van der Waals surface area (Å²) in [5.41, 5.74) is 2.21. The Morgan fingerprint density at radius 1 is 1.06 bits per heavy atom. The van der Waals surface area contributed by atoms with Gasteiger partial charge >= 0.3 is 6.18 Å². The van der Waals surface area contributed by atoms with E-state index in [1.54, 1.807) is 26.0 Å². The summed E-state index contributed by atoms with van der Waals surface area (Å²) in [6, 6.07) is 11.5. The quantitative estimate of drug-likeness (QED) is 0.462. The van der Waals surface area contributed by atoms with Crippen molar-refractivity contribution in [2.75, 3.05) is 5.32 Å². The minimum atomic E-state index is -4.51. The lowest BCUT2D eigenvalue weighted by atomic mass is 10.1. The average Bonchev–Trinajstić information content (AvgIpc) is 3.05. The highest BCUT2D eigenvalue weighted by Gasteiger charge is 2.30. The molecule has 31 heavy (non-hydrogen) atoms. The third-order valence-electron chi connectivity index (χ3n) is 4.74. The molecular weight excluding hydrogens is 431 g/mol. The Balaban J connectivity index is 1.70. The summed E-state index contributed by atoms with van der Waals surface area (Å²) in [4.78, 5) is 12.7. The minimum Gasteiger partial charge on any atom is -0.321 e. The molecule has 1 amide bonds. The van der Waals surface area contributed by atoms with Gasteiger partial charge in [0.15, 0.2) is 11.3 Å². The maximum Gasteiger partial charge on any atom is 0.416 e. The van der Waals surface area contributed by atoms with Crippen molar-refractivity contribution in [3.63, 3.8) is 0 Å². The van der Waals surface area contributed by atoms with E-state index in [0.717, 1.165) is 23.3 Å². The Morgan fingerprint density at radius 3 is 2.45 bits per heavy atom. The monoisotopic (exact) mass is 445 g/mol. The largest absolute Gasteiger partial charge is 0.416 e. The number of carbonyl (C=O) groups is 1. The number of benzene rings is 2. The predicted octanol–water partition coefficient (Wildman–Crippen LogP) is 5.33. The van der Waals surface area contributed by atoms with Gasteiger partial charge < -0.3 is 5.32 Å². The van der Waals surface area contributed by atoms with Gasteiger partial charge in [-0.25, -0.2) is 4.52 Å². The van der Waals surface area contributed by atoms with Crippen LogP contribution in [0.5, 0.6) is 0 Å². The van der Waals surface area contributed by atoms with Gasteiger partial charge in [-0.1, -0.05) is 29.8 Å². The van der Waals surface area contributed by atoms with Crippen LogP contribution in [0.3, 0.4) is 0 Å². The van der Waals surface area contributed by atoms with Crippen molar-refractivity contribution in [2.24, 2.45) is 0 Å². The number of nitrogens with zero attached hydrogens (tertiary/aromatic N) is 4. The first-order chi connectivity index (χ1) is 14.6. The van der Waals surface area contributed by atoms with E-state index < -0.39 is 17.6 Å². The molecule has 2 aromatic heterocycles. The highest BCUT2D eigenvalue weighted by Crippen LogP contribution is 2.31. The van der Waals surface area contributed by atoms with Crippen molar-refractivity contribution in [1.29, 1.82) is 0 Å². The van der Waals surface area contributed by atoms with Crippen molar-refractivity contribution in [1.82, 2.24) is 19.8 Å². The summed E-state index contributed by atoms with van der Waals surface area (Å²) in [7, 11) is 0. The minimum absolute atomic E-state index is 0.000351. The molecule has 0 aliphatic rings. The highest BCUT2D eigenvalue weighted by molar-refractivity contribution is 6.30. The normalized spacial score (nSPS) is 11.7. The standard InChI is InChI=1S/C21H15ClF3N5O/c1-11-17(13-6-8-15(22)9-7-13)19-28-27-18(12(2)30(19)29-11)20(31)26-16-5-3-4-14(10-16)21(23,24)25/h3-10H,1-2H3,(H,26,31). The van der Waals surface area contributed by atoms with Crippen LogP contribution < -0.4 is 5.32 Å². The van der Waals surface area contributed by atoms with Gasteiger partial charge in [0, 0.05) is 10.7 Å². The second kappa shape index (κ2) is 7.66. The van der Waals surface area contributed by atoms with Crippen molar-refractivity contribution in [2.45, 2.75) is 20.0 Å². The molecule has 0 radical (unpaired) electrons. The maximum absolute atomic E-state index is 12.9. The fraction of sp³-hybridized carbons (Fsp3) is 0.143. The summed E-state index contributed by atoms with van der Waals surface area (Å²) < 4.78 is 40.2. The lowest BCUT2D eigenvalue weighted by Crippen LogP contribution is -2.19. The maximum atomic E-state index is 12.9. The molecule has 0 aliphatic carbocycles. The van der Waals surface area contributed by atoms with Gasteiger partial charge in [0.2, 0.25) is 0 Å². The van der Waals surface area contributed by atoms with E-state index >= 15 is 0 Å². The number of aryl methyl sites for hydroxylation is 2. The molecule has 6 nitrogen and oxygen atoms in total. The molecule has 158 valence electrons. The number of amides is 1. The molecule has 0 atom stereocenters. The van der Waals surface area contributed by atoms with Crippen LogP contribution >= 0.6 is 11.6 Å². The van der Waals surface area contributed by atoms with Gasteiger partial charge in [0.05, 0.1) is 22.5 Å². The third kappa shape index (κ3) is 3.96. The Labute approximate surface area is 179 Å². The molecule has 0 aliphatic heterocycles. The van der Waals surface area contributed by atoms with Crippen molar-refractivity contribution < 1.29 is 18.0 Å². The molecule has 10 heteroatoms. The van der Waals surface area contributed by atoms with Crippen molar-refractivity contribution >= 4 is 28.8 Å². The third-order valence-corrected chi connectivity index (χ3v) is 4.99. The number of hydrogen-bond acceptors (Lipinski definition) is 4. The molecule has 2 heterocycles. The Kier molecular flexibility index (Phi) is 5.14. The van der Waals surface area contributed by atoms with Gasteiger partial charge in [-0.2, -0.15) is 18.3 Å². The Bertz CT molecular complexity index is 1300. The number of rotatable bonds is 3. The predicted molar refractivity (Wildman–Crippen MR) is 110 cm³/mol. The van der Waals surface area contributed by atoms with E-state index in [-0.39, 0.29) is 11.4 Å². The van der Waals surface area contributed by atoms with Crippen LogP contribution in [0.25, 0.3) is 16.8 Å². The van der Waals surface area contributed by atoms with Gasteiger partial charge in [-0.15, -0.1) is 10.2 Å². The summed E-state index contributed by atoms with van der Waals surface area (Å²) in [5.74, 6) is -0.688. The zero-order chi connectivity index (χ0) is 22.3. The van der Waals surface area contributed by atoms with E-state index in [2.05, 4.69) is 20.6 Å². The van der Waals surface area contributed by atoms with E-state index in [1.807, 2.05) is 12.1 Å². The fourth-order valence-corrected chi connectivity index (χ4v) is 3.37. The van der Waals surface area contributed by atoms with Crippen LogP contribution in [0.2, 0.25) is 5.02 Å². The van der Waals surface area contributed by atoms with Crippen molar-refractivity contribution in [3.05, 3.63) is 76.2 Å². The Morgan fingerprint density at radius 2 is 1.77 bits per heavy atom. The molecular formula is C21H15ClF3N5O. The van der Waals surface area contributed by atoms with E-state index in [0.29, 0.717) is 22.1 Å². The molecule has 0 fully saturated rings. The molecule has 0 saturated carbocycles. The lowest BCUT2D eigenvalue weighted by molar-refractivity contribution is -0.137. The molecule has 0 bridgehead atoms. The second-order valence-electron chi connectivity index (χ2n) is 6.87. The first kappa shape index (κ1) is 20.8. The number of alkyl halides is 3. The summed E-state index contributed by atoms with van der Waals surface area (Å²) in [5, 5.41) is 15.7. The smallest absolute Gasteiger partial charge is 0.321 e. The van der Waals surface area contributed by atoms with Gasteiger partial charge in [-0.05, 0) is 49.7 Å². The number of anilines is 1. The van der Waals surface area contributed by atoms with Crippen LogP contribution in [-0.4, -0.2) is 25.7 Å².